The zero-order chi connectivity index (χ0) is 23.8. The summed E-state index contributed by atoms with van der Waals surface area (Å²) in [6.07, 6.45) is 2.98. The predicted octanol–water partition coefficient (Wildman–Crippen LogP) is 2.52. The van der Waals surface area contributed by atoms with Crippen LogP contribution in [-0.2, 0) is 32.7 Å². The van der Waals surface area contributed by atoms with Gasteiger partial charge in [0, 0.05) is 0 Å². The molecule has 2 heterocycles. The molecule has 1 atom stereocenters. The van der Waals surface area contributed by atoms with Crippen LogP contribution in [0.4, 0.5) is 0 Å². The Labute approximate surface area is 192 Å². The van der Waals surface area contributed by atoms with Crippen molar-refractivity contribution in [3.05, 3.63) is 78.6 Å². The van der Waals surface area contributed by atoms with Gasteiger partial charge in [-0.1, -0.05) is 32.0 Å². The van der Waals surface area contributed by atoms with Crippen LogP contribution in [0.3, 0.4) is 0 Å². The average Bonchev–Trinajstić information content (AvgIpc) is 3.50. The Balaban J connectivity index is 1.77. The number of carbonyl (C=O) groups excluding carboxylic acids is 2. The van der Waals surface area contributed by atoms with E-state index in [1.807, 2.05) is 13.8 Å². The highest BCUT2D eigenvalue weighted by Gasteiger charge is 2.33. The molecule has 176 valence electrons. The lowest BCUT2D eigenvalue weighted by molar-refractivity contribution is -0.142. The van der Waals surface area contributed by atoms with Crippen molar-refractivity contribution in [2.75, 3.05) is 6.54 Å². The Bertz CT molecular complexity index is 1130. The van der Waals surface area contributed by atoms with E-state index in [-0.39, 0.29) is 29.8 Å². The molecule has 0 radical (unpaired) electrons. The number of nitrogens with one attached hydrogen (secondary N) is 2. The van der Waals surface area contributed by atoms with E-state index in [9.17, 15) is 18.0 Å². The number of carbonyl (C=O) groups is 2. The van der Waals surface area contributed by atoms with Gasteiger partial charge in [-0.2, -0.15) is 0 Å². The molecule has 2 aromatic heterocycles. The number of hydrogen-bond donors (Lipinski definition) is 2. The van der Waals surface area contributed by atoms with Crippen LogP contribution in [0.1, 0.15) is 25.4 Å². The van der Waals surface area contributed by atoms with Gasteiger partial charge >= 0.3 is 0 Å². The van der Waals surface area contributed by atoms with E-state index in [0.717, 1.165) is 0 Å². The lowest BCUT2D eigenvalue weighted by Crippen LogP contribution is -2.53. The van der Waals surface area contributed by atoms with E-state index < -0.39 is 28.5 Å². The Hall–Kier alpha value is -3.37. The molecule has 1 aromatic carbocycles. The maximum atomic E-state index is 13.2. The first-order valence-corrected chi connectivity index (χ1v) is 11.9. The SMILES string of the molecule is CC(C)[C@H](C(=O)NCc1ccco1)N(Cc1ccco1)C(=O)CNS(=O)(=O)c1ccccc1. The van der Waals surface area contributed by atoms with E-state index in [1.165, 1.54) is 29.6 Å². The molecule has 0 aliphatic carbocycles. The summed E-state index contributed by atoms with van der Waals surface area (Å²) in [6, 6.07) is 13.7. The molecular formula is C23H27N3O6S. The number of nitrogens with zero attached hydrogens (tertiary/aromatic N) is 1. The Kier molecular flexibility index (Phi) is 8.07. The summed E-state index contributed by atoms with van der Waals surface area (Å²) in [5.41, 5.74) is 0. The zero-order valence-corrected chi connectivity index (χ0v) is 19.2. The quantitative estimate of drug-likeness (QED) is 0.441. The Morgan fingerprint density at radius 2 is 1.58 bits per heavy atom. The molecule has 0 unspecified atom stereocenters. The molecule has 33 heavy (non-hydrogen) atoms. The predicted molar refractivity (Wildman–Crippen MR) is 120 cm³/mol. The summed E-state index contributed by atoms with van der Waals surface area (Å²) in [7, 11) is -3.89. The number of hydrogen-bond acceptors (Lipinski definition) is 6. The van der Waals surface area contributed by atoms with Gasteiger partial charge in [0.25, 0.3) is 0 Å². The Morgan fingerprint density at radius 1 is 0.939 bits per heavy atom. The second-order valence-corrected chi connectivity index (χ2v) is 9.49. The number of benzene rings is 1. The molecule has 0 fully saturated rings. The van der Waals surface area contributed by atoms with E-state index in [4.69, 9.17) is 8.83 Å². The van der Waals surface area contributed by atoms with Gasteiger partial charge in [-0.05, 0) is 42.3 Å². The molecule has 3 rings (SSSR count). The molecule has 0 aliphatic rings. The van der Waals surface area contributed by atoms with Gasteiger partial charge in [0.1, 0.15) is 17.6 Å². The van der Waals surface area contributed by atoms with Crippen molar-refractivity contribution >= 4 is 21.8 Å². The lowest BCUT2D eigenvalue weighted by atomic mass is 10.0. The third-order valence-corrected chi connectivity index (χ3v) is 6.36. The highest BCUT2D eigenvalue weighted by Crippen LogP contribution is 2.17. The largest absolute Gasteiger partial charge is 0.467 e. The van der Waals surface area contributed by atoms with Crippen molar-refractivity contribution in [3.63, 3.8) is 0 Å². The minimum absolute atomic E-state index is 0.00984. The van der Waals surface area contributed by atoms with Crippen molar-refractivity contribution in [3.8, 4) is 0 Å². The van der Waals surface area contributed by atoms with Gasteiger partial charge in [-0.3, -0.25) is 9.59 Å². The first kappa shape index (κ1) is 24.3. The Morgan fingerprint density at radius 3 is 2.15 bits per heavy atom. The van der Waals surface area contributed by atoms with Crippen LogP contribution in [0.2, 0.25) is 0 Å². The van der Waals surface area contributed by atoms with Crippen molar-refractivity contribution < 1.29 is 26.8 Å². The monoisotopic (exact) mass is 473 g/mol. The molecule has 0 saturated carbocycles. The second-order valence-electron chi connectivity index (χ2n) is 7.72. The third-order valence-electron chi connectivity index (χ3n) is 4.95. The van der Waals surface area contributed by atoms with Gasteiger partial charge in [0.15, 0.2) is 0 Å². The molecular weight excluding hydrogens is 446 g/mol. The molecule has 10 heteroatoms. The number of rotatable bonds is 11. The maximum absolute atomic E-state index is 13.2. The first-order valence-electron chi connectivity index (χ1n) is 10.4. The molecule has 9 nitrogen and oxygen atoms in total. The topological polar surface area (TPSA) is 122 Å². The summed E-state index contributed by atoms with van der Waals surface area (Å²) in [4.78, 5) is 27.6. The van der Waals surface area contributed by atoms with Crippen LogP contribution in [0.15, 0.2) is 80.9 Å². The first-order chi connectivity index (χ1) is 15.8. The summed E-state index contributed by atoms with van der Waals surface area (Å²) in [5.74, 6) is -0.152. The summed E-state index contributed by atoms with van der Waals surface area (Å²) >= 11 is 0. The van der Waals surface area contributed by atoms with Crippen molar-refractivity contribution in [1.82, 2.24) is 14.9 Å². The van der Waals surface area contributed by atoms with Crippen LogP contribution in [0.25, 0.3) is 0 Å². The molecule has 0 spiro atoms. The third kappa shape index (κ3) is 6.56. The van der Waals surface area contributed by atoms with Gasteiger partial charge in [-0.15, -0.1) is 0 Å². The molecule has 2 amide bonds. The number of furan rings is 2. The molecule has 0 aliphatic heterocycles. The highest BCUT2D eigenvalue weighted by molar-refractivity contribution is 7.89. The lowest BCUT2D eigenvalue weighted by Gasteiger charge is -2.33. The van der Waals surface area contributed by atoms with Crippen molar-refractivity contribution in [2.24, 2.45) is 5.92 Å². The van der Waals surface area contributed by atoms with E-state index in [2.05, 4.69) is 10.0 Å². The van der Waals surface area contributed by atoms with E-state index >= 15 is 0 Å². The summed E-state index contributed by atoms with van der Waals surface area (Å²) in [5, 5.41) is 2.78. The molecule has 0 bridgehead atoms. The van der Waals surface area contributed by atoms with E-state index in [1.54, 1.807) is 42.5 Å². The van der Waals surface area contributed by atoms with Crippen molar-refractivity contribution in [2.45, 2.75) is 37.9 Å². The minimum atomic E-state index is -3.89. The zero-order valence-electron chi connectivity index (χ0n) is 18.4. The van der Waals surface area contributed by atoms with Gasteiger partial charge in [0.2, 0.25) is 21.8 Å². The van der Waals surface area contributed by atoms with Crippen LogP contribution < -0.4 is 10.0 Å². The smallest absolute Gasteiger partial charge is 0.243 e. The van der Waals surface area contributed by atoms with Crippen LogP contribution >= 0.6 is 0 Å². The van der Waals surface area contributed by atoms with Crippen molar-refractivity contribution in [1.29, 1.82) is 0 Å². The molecule has 2 N–H and O–H groups in total. The normalized spacial score (nSPS) is 12.5. The number of sulfonamides is 1. The fourth-order valence-corrected chi connectivity index (χ4v) is 4.35. The minimum Gasteiger partial charge on any atom is -0.467 e. The number of amides is 2. The van der Waals surface area contributed by atoms with E-state index in [0.29, 0.717) is 11.5 Å². The second kappa shape index (κ2) is 11.0. The van der Waals surface area contributed by atoms with Gasteiger partial charge in [-0.25, -0.2) is 13.1 Å². The summed E-state index contributed by atoms with van der Waals surface area (Å²) < 4.78 is 38.1. The average molecular weight is 474 g/mol. The maximum Gasteiger partial charge on any atom is 0.243 e. The fourth-order valence-electron chi connectivity index (χ4n) is 3.35. The van der Waals surface area contributed by atoms with Crippen LogP contribution in [-0.4, -0.2) is 37.7 Å². The molecule has 3 aromatic rings. The summed E-state index contributed by atoms with van der Waals surface area (Å²) in [6.45, 7) is 3.29. The molecule has 0 saturated heterocycles. The van der Waals surface area contributed by atoms with Gasteiger partial charge < -0.3 is 19.1 Å². The fraction of sp³-hybridized carbons (Fsp3) is 0.304. The highest BCUT2D eigenvalue weighted by atomic mass is 32.2. The standard InChI is InChI=1S/C23H27N3O6S/c1-17(2)22(23(28)24-14-18-8-6-12-31-18)26(16-19-9-7-13-32-19)21(27)15-25-33(29,30)20-10-4-3-5-11-20/h3-13,17,22,25H,14-16H2,1-2H3,(H,24,28)/t22-/m1/s1. The van der Waals surface area contributed by atoms with Crippen LogP contribution in [0, 0.1) is 5.92 Å². The van der Waals surface area contributed by atoms with Crippen LogP contribution in [0.5, 0.6) is 0 Å². The van der Waals surface area contributed by atoms with Gasteiger partial charge in [0.05, 0.1) is 37.1 Å².